The Morgan fingerprint density at radius 1 is 1.00 bits per heavy atom. The molecule has 0 saturated carbocycles. The molecular weight excluding hydrogens is 244 g/mol. The Morgan fingerprint density at radius 2 is 1.69 bits per heavy atom. The van der Waals surface area contributed by atoms with Gasteiger partial charge >= 0.3 is 0 Å². The van der Waals surface area contributed by atoms with Crippen LogP contribution < -0.4 is 0 Å². The SMILES string of the molecule is O=C(C(=O)c1cccs1)c1ccc(Cl)cc1. The Morgan fingerprint density at radius 3 is 2.25 bits per heavy atom. The van der Waals surface area contributed by atoms with Crippen LogP contribution in [0.25, 0.3) is 0 Å². The Bertz CT molecular complexity index is 514. The molecule has 0 bridgehead atoms. The van der Waals surface area contributed by atoms with Gasteiger partial charge in [-0.05, 0) is 35.7 Å². The Hall–Kier alpha value is -1.45. The van der Waals surface area contributed by atoms with E-state index in [2.05, 4.69) is 0 Å². The third-order valence-corrected chi connectivity index (χ3v) is 3.18. The normalized spacial score (nSPS) is 10.1. The molecule has 0 unspecified atom stereocenters. The zero-order valence-corrected chi connectivity index (χ0v) is 9.72. The van der Waals surface area contributed by atoms with E-state index in [9.17, 15) is 9.59 Å². The van der Waals surface area contributed by atoms with Gasteiger partial charge in [0.1, 0.15) is 0 Å². The van der Waals surface area contributed by atoms with E-state index in [4.69, 9.17) is 11.6 Å². The number of halogens is 1. The molecule has 0 aliphatic carbocycles. The van der Waals surface area contributed by atoms with E-state index in [1.54, 1.807) is 41.8 Å². The molecule has 0 amide bonds. The summed E-state index contributed by atoms with van der Waals surface area (Å²) in [5, 5.41) is 2.31. The number of hydrogen-bond donors (Lipinski definition) is 0. The van der Waals surface area contributed by atoms with E-state index in [1.807, 2.05) is 0 Å². The monoisotopic (exact) mass is 250 g/mol. The number of Topliss-reactive ketones (excluding diaryl/α,β-unsaturated/α-hetero) is 2. The molecule has 2 nitrogen and oxygen atoms in total. The predicted molar refractivity (Wildman–Crippen MR) is 64.4 cm³/mol. The summed E-state index contributed by atoms with van der Waals surface area (Å²) in [5.41, 5.74) is 0.364. The van der Waals surface area contributed by atoms with E-state index in [0.717, 1.165) is 0 Å². The van der Waals surface area contributed by atoms with Gasteiger partial charge in [0.2, 0.25) is 11.6 Å². The molecule has 0 aliphatic rings. The number of carbonyl (C=O) groups excluding carboxylic acids is 2. The van der Waals surface area contributed by atoms with Gasteiger partial charge in [-0.1, -0.05) is 17.7 Å². The van der Waals surface area contributed by atoms with Crippen molar-refractivity contribution in [3.8, 4) is 0 Å². The standard InChI is InChI=1S/C12H7ClO2S/c13-9-5-3-8(4-6-9)11(14)12(15)10-2-1-7-16-10/h1-7H. The highest BCUT2D eigenvalue weighted by atomic mass is 35.5. The summed E-state index contributed by atoms with van der Waals surface area (Å²) in [6.45, 7) is 0. The first kappa shape index (κ1) is 11.0. The van der Waals surface area contributed by atoms with Crippen LogP contribution in [0.2, 0.25) is 5.02 Å². The lowest BCUT2D eigenvalue weighted by atomic mass is 10.1. The van der Waals surface area contributed by atoms with E-state index < -0.39 is 11.6 Å². The number of thiophene rings is 1. The lowest BCUT2D eigenvalue weighted by Gasteiger charge is -1.98. The van der Waals surface area contributed by atoms with E-state index in [1.165, 1.54) is 11.3 Å². The first-order chi connectivity index (χ1) is 7.68. The maximum Gasteiger partial charge on any atom is 0.243 e. The van der Waals surface area contributed by atoms with Gasteiger partial charge in [0, 0.05) is 10.6 Å². The lowest BCUT2D eigenvalue weighted by Crippen LogP contribution is -2.12. The van der Waals surface area contributed by atoms with Crippen LogP contribution in [0.3, 0.4) is 0 Å². The molecule has 0 N–H and O–H groups in total. The summed E-state index contributed by atoms with van der Waals surface area (Å²) in [4.78, 5) is 23.9. The molecule has 2 rings (SSSR count). The zero-order chi connectivity index (χ0) is 11.5. The lowest BCUT2D eigenvalue weighted by molar-refractivity contribution is 0.0819. The van der Waals surface area contributed by atoms with Crippen molar-refractivity contribution >= 4 is 34.5 Å². The number of rotatable bonds is 3. The Kier molecular flexibility index (Phi) is 3.17. The van der Waals surface area contributed by atoms with Crippen LogP contribution in [0, 0.1) is 0 Å². The molecule has 80 valence electrons. The van der Waals surface area contributed by atoms with Gasteiger partial charge in [-0.2, -0.15) is 0 Å². The third-order valence-electron chi connectivity index (χ3n) is 2.06. The minimum absolute atomic E-state index is 0.364. The van der Waals surface area contributed by atoms with Gasteiger partial charge in [-0.3, -0.25) is 9.59 Å². The summed E-state index contributed by atoms with van der Waals surface area (Å²) >= 11 is 6.96. The van der Waals surface area contributed by atoms with Crippen molar-refractivity contribution in [1.29, 1.82) is 0 Å². The molecule has 0 spiro atoms. The topological polar surface area (TPSA) is 34.1 Å². The summed E-state index contributed by atoms with van der Waals surface area (Å²) in [5.74, 6) is -0.976. The molecule has 0 radical (unpaired) electrons. The average molecular weight is 251 g/mol. The smallest absolute Gasteiger partial charge is 0.243 e. The molecule has 2 aromatic rings. The molecule has 4 heteroatoms. The second kappa shape index (κ2) is 4.60. The fourth-order valence-electron chi connectivity index (χ4n) is 1.25. The first-order valence-electron chi connectivity index (χ1n) is 4.56. The van der Waals surface area contributed by atoms with Gasteiger partial charge in [0.25, 0.3) is 0 Å². The number of benzene rings is 1. The Balaban J connectivity index is 2.26. The van der Waals surface area contributed by atoms with E-state index >= 15 is 0 Å². The molecule has 16 heavy (non-hydrogen) atoms. The van der Waals surface area contributed by atoms with E-state index in [-0.39, 0.29) is 0 Å². The molecule has 0 atom stereocenters. The van der Waals surface area contributed by atoms with Crippen molar-refractivity contribution in [2.45, 2.75) is 0 Å². The highest BCUT2D eigenvalue weighted by molar-refractivity contribution is 7.13. The van der Waals surface area contributed by atoms with Gasteiger partial charge in [0.15, 0.2) is 0 Å². The van der Waals surface area contributed by atoms with Gasteiger partial charge in [-0.25, -0.2) is 0 Å². The van der Waals surface area contributed by atoms with Crippen molar-refractivity contribution in [2.75, 3.05) is 0 Å². The van der Waals surface area contributed by atoms with Crippen LogP contribution in [0.4, 0.5) is 0 Å². The molecule has 0 saturated heterocycles. The highest BCUT2D eigenvalue weighted by Crippen LogP contribution is 2.15. The summed E-state index contributed by atoms with van der Waals surface area (Å²) < 4.78 is 0. The van der Waals surface area contributed by atoms with Crippen LogP contribution >= 0.6 is 22.9 Å². The van der Waals surface area contributed by atoms with Crippen molar-refractivity contribution in [3.05, 3.63) is 57.2 Å². The summed E-state index contributed by atoms with van der Waals surface area (Å²) in [6, 6.07) is 9.67. The van der Waals surface area contributed by atoms with Crippen LogP contribution in [-0.4, -0.2) is 11.6 Å². The molecule has 0 fully saturated rings. The van der Waals surface area contributed by atoms with Crippen molar-refractivity contribution in [2.24, 2.45) is 0 Å². The molecule has 1 aromatic carbocycles. The molecule has 0 aliphatic heterocycles. The predicted octanol–water partition coefficient (Wildman–Crippen LogP) is 3.47. The highest BCUT2D eigenvalue weighted by Gasteiger charge is 2.18. The maximum absolute atomic E-state index is 11.8. The number of carbonyl (C=O) groups is 2. The van der Waals surface area contributed by atoms with Crippen LogP contribution in [0.15, 0.2) is 41.8 Å². The van der Waals surface area contributed by atoms with Gasteiger partial charge in [-0.15, -0.1) is 11.3 Å². The van der Waals surface area contributed by atoms with E-state index in [0.29, 0.717) is 15.5 Å². The third kappa shape index (κ3) is 2.21. The zero-order valence-electron chi connectivity index (χ0n) is 8.14. The fraction of sp³-hybridized carbons (Fsp3) is 0. The molecule has 1 aromatic heterocycles. The van der Waals surface area contributed by atoms with Crippen molar-refractivity contribution in [3.63, 3.8) is 0 Å². The Labute approximate surface area is 101 Å². The van der Waals surface area contributed by atoms with Crippen LogP contribution in [0.1, 0.15) is 20.0 Å². The fourth-order valence-corrected chi connectivity index (χ4v) is 2.04. The van der Waals surface area contributed by atoms with Crippen molar-refractivity contribution < 1.29 is 9.59 Å². The van der Waals surface area contributed by atoms with Gasteiger partial charge < -0.3 is 0 Å². The molecule has 1 heterocycles. The van der Waals surface area contributed by atoms with Gasteiger partial charge in [0.05, 0.1) is 4.88 Å². The minimum atomic E-state index is -0.501. The maximum atomic E-state index is 11.8. The van der Waals surface area contributed by atoms with Crippen molar-refractivity contribution in [1.82, 2.24) is 0 Å². The summed E-state index contributed by atoms with van der Waals surface area (Å²) in [7, 11) is 0. The second-order valence-electron chi connectivity index (χ2n) is 3.14. The van der Waals surface area contributed by atoms with Crippen LogP contribution in [-0.2, 0) is 0 Å². The number of ketones is 2. The largest absolute Gasteiger partial charge is 0.285 e. The summed E-state index contributed by atoms with van der Waals surface area (Å²) in [6.07, 6.45) is 0. The number of hydrogen-bond acceptors (Lipinski definition) is 3. The first-order valence-corrected chi connectivity index (χ1v) is 5.82. The quantitative estimate of drug-likeness (QED) is 0.618. The second-order valence-corrected chi connectivity index (χ2v) is 4.53. The molecular formula is C12H7ClO2S. The average Bonchev–Trinajstić information content (AvgIpc) is 2.81. The minimum Gasteiger partial charge on any atom is -0.285 e. The van der Waals surface area contributed by atoms with Crippen LogP contribution in [0.5, 0.6) is 0 Å².